The van der Waals surface area contributed by atoms with E-state index >= 15 is 0 Å². The van der Waals surface area contributed by atoms with E-state index in [-0.39, 0.29) is 24.3 Å². The van der Waals surface area contributed by atoms with Crippen molar-refractivity contribution in [3.05, 3.63) is 71.5 Å². The van der Waals surface area contributed by atoms with E-state index in [4.69, 9.17) is 0 Å². The van der Waals surface area contributed by atoms with Crippen LogP contribution in [0.1, 0.15) is 15.9 Å². The van der Waals surface area contributed by atoms with Gasteiger partial charge in [-0.25, -0.2) is 4.39 Å². The molecule has 0 unspecified atom stereocenters. The topological polar surface area (TPSA) is 69.7 Å². The monoisotopic (exact) mass is 381 g/mol. The van der Waals surface area contributed by atoms with Gasteiger partial charge in [0.2, 0.25) is 11.8 Å². The fourth-order valence-corrected chi connectivity index (χ4v) is 3.75. The third-order valence-electron chi connectivity index (χ3n) is 5.24. The molecule has 2 fully saturated rings. The number of nitrogens with zero attached hydrogens (tertiary/aromatic N) is 2. The van der Waals surface area contributed by atoms with E-state index in [0.29, 0.717) is 25.1 Å². The van der Waals surface area contributed by atoms with Crippen LogP contribution in [0.3, 0.4) is 0 Å². The number of hydrogen-bond donors (Lipinski definition) is 1. The number of rotatable bonds is 3. The summed E-state index contributed by atoms with van der Waals surface area (Å²) < 4.78 is 13.1. The minimum Gasteiger partial charge on any atom is -0.342 e. The molecule has 3 amide bonds. The Balaban J connectivity index is 1.45. The summed E-state index contributed by atoms with van der Waals surface area (Å²) in [5, 5.41) is 2.80. The molecular formula is C21H20FN3O3. The molecule has 0 saturated carbocycles. The highest BCUT2D eigenvalue weighted by molar-refractivity contribution is 5.99. The molecule has 2 atom stereocenters. The number of halogens is 1. The van der Waals surface area contributed by atoms with Gasteiger partial charge in [-0.15, -0.1) is 0 Å². The van der Waals surface area contributed by atoms with Gasteiger partial charge in [0.05, 0.1) is 6.54 Å². The third-order valence-corrected chi connectivity index (χ3v) is 5.24. The van der Waals surface area contributed by atoms with Crippen molar-refractivity contribution < 1.29 is 18.8 Å². The molecule has 2 aromatic rings. The maximum absolute atomic E-state index is 13.1. The Morgan fingerprint density at radius 3 is 2.46 bits per heavy atom. The molecule has 2 aromatic carbocycles. The average Bonchev–Trinajstić information content (AvgIpc) is 2.72. The van der Waals surface area contributed by atoms with Gasteiger partial charge in [0, 0.05) is 25.1 Å². The number of amides is 3. The highest BCUT2D eigenvalue weighted by Crippen LogP contribution is 2.20. The van der Waals surface area contributed by atoms with Crippen LogP contribution in [-0.4, -0.2) is 59.2 Å². The summed E-state index contributed by atoms with van der Waals surface area (Å²) >= 11 is 0. The van der Waals surface area contributed by atoms with Crippen molar-refractivity contribution in [1.29, 1.82) is 0 Å². The van der Waals surface area contributed by atoms with E-state index < -0.39 is 17.9 Å². The number of carbonyl (C=O) groups excluding carboxylic acids is 3. The van der Waals surface area contributed by atoms with Crippen molar-refractivity contribution in [3.8, 4) is 0 Å². The van der Waals surface area contributed by atoms with Gasteiger partial charge < -0.3 is 15.1 Å². The lowest BCUT2D eigenvalue weighted by atomic mass is 9.98. The number of piperazine rings is 2. The quantitative estimate of drug-likeness (QED) is 0.869. The summed E-state index contributed by atoms with van der Waals surface area (Å²) in [7, 11) is 0. The first-order chi connectivity index (χ1) is 13.5. The molecule has 6 nitrogen and oxygen atoms in total. The summed E-state index contributed by atoms with van der Waals surface area (Å²) in [5.74, 6) is -1.06. The Kier molecular flexibility index (Phi) is 4.81. The molecule has 1 N–H and O–H groups in total. The average molecular weight is 381 g/mol. The van der Waals surface area contributed by atoms with Crippen molar-refractivity contribution >= 4 is 17.7 Å². The van der Waals surface area contributed by atoms with Crippen molar-refractivity contribution in [1.82, 2.24) is 15.1 Å². The Hall–Kier alpha value is -3.22. The summed E-state index contributed by atoms with van der Waals surface area (Å²) in [6.07, 6.45) is 0.437. The van der Waals surface area contributed by atoms with Crippen LogP contribution in [0.25, 0.3) is 0 Å². The van der Waals surface area contributed by atoms with Crippen LogP contribution >= 0.6 is 0 Å². The van der Waals surface area contributed by atoms with Crippen LogP contribution in [0.2, 0.25) is 0 Å². The number of benzene rings is 2. The maximum Gasteiger partial charge on any atom is 0.254 e. The molecule has 0 aromatic heterocycles. The summed E-state index contributed by atoms with van der Waals surface area (Å²) in [5.41, 5.74) is 1.34. The highest BCUT2D eigenvalue weighted by Gasteiger charge is 2.44. The molecule has 144 valence electrons. The normalized spacial score (nSPS) is 21.9. The minimum absolute atomic E-state index is 0.123. The number of fused-ring (bicyclic) bond motifs is 1. The molecule has 0 radical (unpaired) electrons. The van der Waals surface area contributed by atoms with Crippen LogP contribution in [-0.2, 0) is 16.0 Å². The van der Waals surface area contributed by atoms with Gasteiger partial charge >= 0.3 is 0 Å². The zero-order valence-corrected chi connectivity index (χ0v) is 15.2. The van der Waals surface area contributed by atoms with Gasteiger partial charge in [0.25, 0.3) is 5.91 Å². The summed E-state index contributed by atoms with van der Waals surface area (Å²) in [6.45, 7) is 0.769. The fraction of sp³-hybridized carbons (Fsp3) is 0.286. The molecule has 0 spiro atoms. The molecule has 28 heavy (non-hydrogen) atoms. The minimum atomic E-state index is -0.697. The molecule has 0 bridgehead atoms. The van der Waals surface area contributed by atoms with E-state index in [9.17, 15) is 18.8 Å². The van der Waals surface area contributed by atoms with Crippen molar-refractivity contribution in [3.63, 3.8) is 0 Å². The largest absolute Gasteiger partial charge is 0.342 e. The Morgan fingerprint density at radius 1 is 1.04 bits per heavy atom. The van der Waals surface area contributed by atoms with E-state index in [1.54, 1.807) is 9.80 Å². The van der Waals surface area contributed by atoms with Gasteiger partial charge in [-0.05, 0) is 29.8 Å². The predicted octanol–water partition coefficient (Wildman–Crippen LogP) is 1.22. The first-order valence-electron chi connectivity index (χ1n) is 9.22. The van der Waals surface area contributed by atoms with Gasteiger partial charge in [-0.3, -0.25) is 14.4 Å². The van der Waals surface area contributed by atoms with Gasteiger partial charge in [0.15, 0.2) is 0 Å². The molecule has 0 aliphatic carbocycles. The van der Waals surface area contributed by atoms with E-state index in [1.807, 2.05) is 30.3 Å². The van der Waals surface area contributed by atoms with Crippen LogP contribution < -0.4 is 5.32 Å². The predicted molar refractivity (Wildman–Crippen MR) is 99.9 cm³/mol. The standard InChI is InChI=1S/C21H20FN3O3/c22-16-8-6-15(7-9-16)20(27)24-10-11-25-18(13-24)19(26)23-17(21(25)28)12-14-4-2-1-3-5-14/h1-9,17-18H,10-13H2,(H,23,26)/t17-,18+/m0/s1. The van der Waals surface area contributed by atoms with Gasteiger partial charge in [0.1, 0.15) is 17.9 Å². The fourth-order valence-electron chi connectivity index (χ4n) is 3.75. The number of carbonyl (C=O) groups is 3. The zero-order valence-electron chi connectivity index (χ0n) is 15.2. The van der Waals surface area contributed by atoms with E-state index in [0.717, 1.165) is 5.56 Å². The number of hydrogen-bond acceptors (Lipinski definition) is 3. The second kappa shape index (κ2) is 7.42. The van der Waals surface area contributed by atoms with E-state index in [1.165, 1.54) is 24.3 Å². The van der Waals surface area contributed by atoms with Crippen molar-refractivity contribution in [2.45, 2.75) is 18.5 Å². The van der Waals surface area contributed by atoms with Gasteiger partial charge in [-0.2, -0.15) is 0 Å². The van der Waals surface area contributed by atoms with Crippen LogP contribution in [0.15, 0.2) is 54.6 Å². The van der Waals surface area contributed by atoms with Crippen LogP contribution in [0.4, 0.5) is 4.39 Å². The highest BCUT2D eigenvalue weighted by atomic mass is 19.1. The molecule has 2 aliphatic heterocycles. The second-order valence-corrected chi connectivity index (χ2v) is 7.06. The summed E-state index contributed by atoms with van der Waals surface area (Å²) in [6, 6.07) is 13.6. The first kappa shape index (κ1) is 18.2. The Labute approximate surface area is 161 Å². The first-order valence-corrected chi connectivity index (χ1v) is 9.22. The number of nitrogens with one attached hydrogen (secondary N) is 1. The second-order valence-electron chi connectivity index (χ2n) is 7.06. The van der Waals surface area contributed by atoms with Crippen LogP contribution in [0.5, 0.6) is 0 Å². The SMILES string of the molecule is O=C1N[C@@H](Cc2ccccc2)C(=O)N2CCN(C(=O)c3ccc(F)cc3)C[C@H]12. The molecular weight excluding hydrogens is 361 g/mol. The smallest absolute Gasteiger partial charge is 0.254 e. The lowest BCUT2D eigenvalue weighted by Crippen LogP contribution is -2.70. The molecule has 2 saturated heterocycles. The molecule has 7 heteroatoms. The van der Waals surface area contributed by atoms with Crippen LogP contribution in [0, 0.1) is 5.82 Å². The lowest BCUT2D eigenvalue weighted by molar-refractivity contribution is -0.152. The summed E-state index contributed by atoms with van der Waals surface area (Å²) in [4.78, 5) is 41.2. The molecule has 4 rings (SSSR count). The lowest BCUT2D eigenvalue weighted by Gasteiger charge is -2.45. The Bertz CT molecular complexity index is 901. The Morgan fingerprint density at radius 2 is 1.75 bits per heavy atom. The molecule has 2 aliphatic rings. The third kappa shape index (κ3) is 3.47. The van der Waals surface area contributed by atoms with Gasteiger partial charge in [-0.1, -0.05) is 30.3 Å². The van der Waals surface area contributed by atoms with E-state index in [2.05, 4.69) is 5.32 Å². The van der Waals surface area contributed by atoms with Crippen molar-refractivity contribution in [2.24, 2.45) is 0 Å². The maximum atomic E-state index is 13.1. The zero-order chi connectivity index (χ0) is 19.7. The van der Waals surface area contributed by atoms with Crippen molar-refractivity contribution in [2.75, 3.05) is 19.6 Å². The molecule has 2 heterocycles.